The molecule has 1 atom stereocenters. The zero-order valence-corrected chi connectivity index (χ0v) is 15.5. The summed E-state index contributed by atoms with van der Waals surface area (Å²) in [6.45, 7) is 1.25. The van der Waals surface area contributed by atoms with Crippen LogP contribution in [0.5, 0.6) is 11.5 Å². The maximum absolute atomic E-state index is 12.7. The van der Waals surface area contributed by atoms with Crippen LogP contribution in [-0.4, -0.2) is 17.8 Å². The van der Waals surface area contributed by atoms with Gasteiger partial charge in [0.05, 0.1) is 12.6 Å². The number of carbonyl (C=O) groups is 1. The van der Waals surface area contributed by atoms with E-state index in [-0.39, 0.29) is 17.3 Å². The van der Waals surface area contributed by atoms with Gasteiger partial charge in [-0.1, -0.05) is 42.1 Å². The molecule has 0 aliphatic carbocycles. The van der Waals surface area contributed by atoms with Gasteiger partial charge in [-0.3, -0.25) is 9.78 Å². The third-order valence-corrected chi connectivity index (χ3v) is 4.73. The standard InChI is InChI=1S/C23H20N2O3/c1-25(14-17-5-3-2-4-6-17)15-19-20(26)8-7-18-22(27)21(28-23(18)19)13-16-9-11-24-12-10-16/h2-13,26H,14-15H2,1H3. The number of quaternary nitrogens is 1. The summed E-state index contributed by atoms with van der Waals surface area (Å²) < 4.78 is 5.86. The number of carbonyl (C=O) groups excluding carboxylic acids is 1. The van der Waals surface area contributed by atoms with E-state index in [0.29, 0.717) is 23.4 Å². The van der Waals surface area contributed by atoms with E-state index in [2.05, 4.69) is 17.1 Å². The van der Waals surface area contributed by atoms with Crippen LogP contribution in [0.25, 0.3) is 6.08 Å². The fourth-order valence-corrected chi connectivity index (χ4v) is 3.38. The highest BCUT2D eigenvalue weighted by atomic mass is 16.5. The van der Waals surface area contributed by atoms with E-state index < -0.39 is 0 Å². The second kappa shape index (κ2) is 7.66. The highest BCUT2D eigenvalue weighted by Gasteiger charge is 2.30. The summed E-state index contributed by atoms with van der Waals surface area (Å²) in [7, 11) is 2.02. The van der Waals surface area contributed by atoms with E-state index in [1.54, 1.807) is 36.7 Å². The zero-order chi connectivity index (χ0) is 19.5. The Kier molecular flexibility index (Phi) is 4.91. The first-order chi connectivity index (χ1) is 13.6. The Morgan fingerprint density at radius 1 is 1.04 bits per heavy atom. The number of benzene rings is 2. The molecular weight excluding hydrogens is 352 g/mol. The summed E-state index contributed by atoms with van der Waals surface area (Å²) in [4.78, 5) is 17.8. The fraction of sp³-hybridized carbons (Fsp3) is 0.130. The van der Waals surface area contributed by atoms with Crippen LogP contribution in [0, 0.1) is 0 Å². The van der Waals surface area contributed by atoms with Crippen LogP contribution < -0.4 is 14.7 Å². The minimum absolute atomic E-state index is 0.107. The van der Waals surface area contributed by atoms with Gasteiger partial charge in [0.2, 0.25) is 5.78 Å². The van der Waals surface area contributed by atoms with E-state index in [0.717, 1.165) is 17.0 Å². The molecule has 1 N–H and O–H groups in total. The smallest absolute Gasteiger partial charge is 0.231 e. The minimum atomic E-state index is -0.200. The summed E-state index contributed by atoms with van der Waals surface area (Å²) in [5.41, 5.74) is 3.00. The van der Waals surface area contributed by atoms with Gasteiger partial charge in [-0.05, 0) is 29.8 Å². The predicted molar refractivity (Wildman–Crippen MR) is 104 cm³/mol. The van der Waals surface area contributed by atoms with Gasteiger partial charge in [0, 0.05) is 23.5 Å². The number of Topliss-reactive ketones (excluding diaryl/α,β-unsaturated/α-hetero) is 1. The van der Waals surface area contributed by atoms with Crippen molar-refractivity contribution in [1.82, 2.24) is 4.98 Å². The van der Waals surface area contributed by atoms with Gasteiger partial charge in [-0.25, -0.2) is 0 Å². The van der Waals surface area contributed by atoms with Crippen LogP contribution in [-0.2, 0) is 13.1 Å². The molecule has 1 aliphatic heterocycles. The molecular formula is C23H20N2O3. The van der Waals surface area contributed by atoms with Crippen LogP contribution >= 0.6 is 0 Å². The highest BCUT2D eigenvalue weighted by Crippen LogP contribution is 2.38. The largest absolute Gasteiger partial charge is 0.872 e. The lowest BCUT2D eigenvalue weighted by Gasteiger charge is -2.20. The third-order valence-electron chi connectivity index (χ3n) is 4.73. The average Bonchev–Trinajstić information content (AvgIpc) is 3.01. The number of ketones is 1. The third kappa shape index (κ3) is 3.66. The number of pyridine rings is 1. The molecule has 0 radical (unpaired) electrons. The summed E-state index contributed by atoms with van der Waals surface area (Å²) in [6.07, 6.45) is 4.99. The number of nitrogens with one attached hydrogen (secondary N) is 1. The minimum Gasteiger partial charge on any atom is -0.872 e. The number of allylic oxidation sites excluding steroid dienone is 1. The summed E-state index contributed by atoms with van der Waals surface area (Å²) >= 11 is 0. The van der Waals surface area contributed by atoms with Crippen molar-refractivity contribution >= 4 is 11.9 Å². The molecule has 3 aromatic rings. The Morgan fingerprint density at radius 3 is 2.54 bits per heavy atom. The maximum atomic E-state index is 12.7. The molecule has 2 aromatic carbocycles. The number of nitrogens with zero attached hydrogens (tertiary/aromatic N) is 1. The van der Waals surface area contributed by atoms with E-state index in [1.807, 2.05) is 25.2 Å². The predicted octanol–water partition coefficient (Wildman–Crippen LogP) is 1.99. The van der Waals surface area contributed by atoms with Gasteiger partial charge in [-0.15, -0.1) is 0 Å². The lowest BCUT2D eigenvalue weighted by molar-refractivity contribution is -0.907. The second-order valence-electron chi connectivity index (χ2n) is 6.94. The van der Waals surface area contributed by atoms with Crippen molar-refractivity contribution in [1.29, 1.82) is 0 Å². The first-order valence-electron chi connectivity index (χ1n) is 9.14. The molecule has 5 nitrogen and oxygen atoms in total. The van der Waals surface area contributed by atoms with Gasteiger partial charge in [0.15, 0.2) is 5.76 Å². The van der Waals surface area contributed by atoms with E-state index in [1.165, 1.54) is 11.6 Å². The van der Waals surface area contributed by atoms with Crippen molar-refractivity contribution in [2.24, 2.45) is 0 Å². The summed E-state index contributed by atoms with van der Waals surface area (Å²) in [5.74, 6) is 0.317. The second-order valence-corrected chi connectivity index (χ2v) is 6.94. The number of fused-ring (bicyclic) bond motifs is 1. The van der Waals surface area contributed by atoms with Gasteiger partial charge >= 0.3 is 0 Å². The molecule has 0 spiro atoms. The van der Waals surface area contributed by atoms with Crippen molar-refractivity contribution in [3.8, 4) is 11.5 Å². The molecule has 0 fully saturated rings. The van der Waals surface area contributed by atoms with Gasteiger partial charge in [0.25, 0.3) is 0 Å². The average molecular weight is 372 g/mol. The fourth-order valence-electron chi connectivity index (χ4n) is 3.38. The first-order valence-corrected chi connectivity index (χ1v) is 9.14. The molecule has 2 heterocycles. The number of ether oxygens (including phenoxy) is 1. The monoisotopic (exact) mass is 372 g/mol. The first kappa shape index (κ1) is 17.9. The van der Waals surface area contributed by atoms with Crippen molar-refractivity contribution in [2.45, 2.75) is 13.1 Å². The molecule has 140 valence electrons. The normalized spacial score (nSPS) is 15.3. The zero-order valence-electron chi connectivity index (χ0n) is 15.5. The Hall–Kier alpha value is -3.44. The van der Waals surface area contributed by atoms with E-state index in [9.17, 15) is 9.90 Å². The van der Waals surface area contributed by atoms with E-state index in [4.69, 9.17) is 4.74 Å². The summed E-state index contributed by atoms with van der Waals surface area (Å²) in [6, 6.07) is 16.7. The van der Waals surface area contributed by atoms with Crippen LogP contribution in [0.15, 0.2) is 72.8 Å². The van der Waals surface area contributed by atoms with E-state index >= 15 is 0 Å². The van der Waals surface area contributed by atoms with Gasteiger partial charge < -0.3 is 14.7 Å². The molecule has 1 unspecified atom stereocenters. The number of hydrogen-bond donors (Lipinski definition) is 1. The number of aromatic nitrogens is 1. The van der Waals surface area contributed by atoms with Crippen molar-refractivity contribution < 1.29 is 19.5 Å². The summed E-state index contributed by atoms with van der Waals surface area (Å²) in [5, 5.41) is 12.5. The highest BCUT2D eigenvalue weighted by molar-refractivity contribution is 6.14. The quantitative estimate of drug-likeness (QED) is 0.696. The molecule has 4 rings (SSSR count). The molecule has 0 bridgehead atoms. The lowest BCUT2D eigenvalue weighted by atomic mass is 10.0. The Labute approximate surface area is 163 Å². The molecule has 0 saturated heterocycles. The van der Waals surface area contributed by atoms with Crippen molar-refractivity contribution in [2.75, 3.05) is 7.05 Å². The van der Waals surface area contributed by atoms with Crippen LogP contribution in [0.2, 0.25) is 0 Å². The number of rotatable bonds is 5. The van der Waals surface area contributed by atoms with Crippen molar-refractivity contribution in [3.63, 3.8) is 0 Å². The number of hydrogen-bond acceptors (Lipinski definition) is 4. The molecule has 1 aromatic heterocycles. The van der Waals surface area contributed by atoms with Crippen LogP contribution in [0.1, 0.15) is 27.0 Å². The molecule has 28 heavy (non-hydrogen) atoms. The Morgan fingerprint density at radius 2 is 1.79 bits per heavy atom. The topological polar surface area (TPSA) is 66.7 Å². The Bertz CT molecular complexity index is 1030. The Balaban J connectivity index is 1.60. The molecule has 1 aliphatic rings. The molecule has 0 amide bonds. The van der Waals surface area contributed by atoms with Gasteiger partial charge in [0.1, 0.15) is 18.8 Å². The van der Waals surface area contributed by atoms with Gasteiger partial charge in [-0.2, -0.15) is 0 Å². The lowest BCUT2D eigenvalue weighted by Crippen LogP contribution is -3.06. The van der Waals surface area contributed by atoms with Crippen LogP contribution in [0.4, 0.5) is 0 Å². The maximum Gasteiger partial charge on any atom is 0.231 e. The molecule has 5 heteroatoms. The van der Waals surface area contributed by atoms with Crippen molar-refractivity contribution in [3.05, 3.63) is 95.0 Å². The van der Waals surface area contributed by atoms with Crippen LogP contribution in [0.3, 0.4) is 0 Å². The SMILES string of the molecule is C[NH+](Cc1ccccc1)Cc1c([O-])ccc2c1OC(=Cc1ccncc1)C2=O. The molecule has 0 saturated carbocycles.